The second-order valence-corrected chi connectivity index (χ2v) is 7.83. The van der Waals surface area contributed by atoms with E-state index in [4.69, 9.17) is 4.99 Å². The van der Waals surface area contributed by atoms with Crippen molar-refractivity contribution in [2.75, 3.05) is 46.8 Å². The second-order valence-electron chi connectivity index (χ2n) is 7.83. The Morgan fingerprint density at radius 1 is 1.08 bits per heavy atom. The molecular weight excluding hydrogens is 411 g/mol. The number of unbranched alkanes of at least 4 members (excludes halogenated alkanes) is 4. The molecule has 1 heterocycles. The number of nitrogens with zero attached hydrogens (tertiary/aromatic N) is 3. The molecule has 0 atom stereocenters. The van der Waals surface area contributed by atoms with E-state index in [2.05, 4.69) is 36.1 Å². The maximum atomic E-state index is 4.89. The highest BCUT2D eigenvalue weighted by Crippen LogP contribution is 2.47. The molecule has 1 N–H and O–H groups in total. The van der Waals surface area contributed by atoms with E-state index < -0.39 is 0 Å². The fraction of sp³-hybridized carbons (Fsp3) is 0.947. The first-order chi connectivity index (χ1) is 11.2. The number of hydrogen-bond donors (Lipinski definition) is 1. The van der Waals surface area contributed by atoms with Crippen LogP contribution in [0.3, 0.4) is 0 Å². The number of guanidine groups is 1. The average Bonchev–Trinajstić information content (AvgIpc) is 2.94. The van der Waals surface area contributed by atoms with Crippen molar-refractivity contribution < 1.29 is 0 Å². The molecule has 142 valence electrons. The zero-order valence-corrected chi connectivity index (χ0v) is 18.5. The van der Waals surface area contributed by atoms with Gasteiger partial charge in [-0.15, -0.1) is 24.0 Å². The second kappa shape index (κ2) is 11.6. The van der Waals surface area contributed by atoms with Crippen molar-refractivity contribution in [1.82, 2.24) is 15.1 Å². The Kier molecular flexibility index (Phi) is 10.6. The van der Waals surface area contributed by atoms with Crippen molar-refractivity contribution in [3.05, 3.63) is 0 Å². The average molecular weight is 450 g/mol. The molecule has 5 heteroatoms. The number of nitrogens with one attached hydrogen (secondary N) is 1. The number of rotatable bonds is 9. The monoisotopic (exact) mass is 450 g/mol. The van der Waals surface area contributed by atoms with Gasteiger partial charge in [0.05, 0.1) is 0 Å². The minimum absolute atomic E-state index is 0. The third-order valence-corrected chi connectivity index (χ3v) is 5.51. The lowest BCUT2D eigenvalue weighted by molar-refractivity contribution is 0.151. The zero-order chi connectivity index (χ0) is 16.5. The van der Waals surface area contributed by atoms with Crippen LogP contribution in [-0.2, 0) is 0 Å². The Morgan fingerprint density at radius 3 is 2.38 bits per heavy atom. The van der Waals surface area contributed by atoms with Crippen molar-refractivity contribution in [2.45, 2.75) is 64.7 Å². The van der Waals surface area contributed by atoms with Gasteiger partial charge >= 0.3 is 0 Å². The summed E-state index contributed by atoms with van der Waals surface area (Å²) in [6, 6.07) is 0. The molecule has 1 spiro atoms. The first-order valence-corrected chi connectivity index (χ1v) is 9.83. The Bertz CT molecular complexity index is 366. The van der Waals surface area contributed by atoms with Crippen LogP contribution in [0.25, 0.3) is 0 Å². The molecule has 1 saturated carbocycles. The summed E-state index contributed by atoms with van der Waals surface area (Å²) in [6.45, 7) is 7.81. The molecule has 0 aromatic carbocycles. The van der Waals surface area contributed by atoms with Gasteiger partial charge in [-0.1, -0.05) is 25.7 Å². The smallest absolute Gasteiger partial charge is 0.193 e. The normalized spacial score (nSPS) is 19.5. The van der Waals surface area contributed by atoms with Crippen LogP contribution in [-0.4, -0.2) is 62.6 Å². The molecule has 2 aliphatic rings. The van der Waals surface area contributed by atoms with E-state index in [1.54, 1.807) is 0 Å². The molecule has 24 heavy (non-hydrogen) atoms. The van der Waals surface area contributed by atoms with Gasteiger partial charge in [-0.25, -0.2) is 0 Å². The minimum Gasteiger partial charge on any atom is -0.357 e. The summed E-state index contributed by atoms with van der Waals surface area (Å²) in [6.07, 6.45) is 12.3. The largest absolute Gasteiger partial charge is 0.357 e. The van der Waals surface area contributed by atoms with Crippen molar-refractivity contribution in [3.8, 4) is 0 Å². The molecule has 0 radical (unpaired) electrons. The summed E-state index contributed by atoms with van der Waals surface area (Å²) in [5.74, 6) is 1.17. The van der Waals surface area contributed by atoms with Gasteiger partial charge in [0.1, 0.15) is 0 Å². The summed E-state index contributed by atoms with van der Waals surface area (Å²) in [5, 5.41) is 3.50. The Hall–Kier alpha value is -0.0400. The predicted octanol–water partition coefficient (Wildman–Crippen LogP) is 3.96. The highest BCUT2D eigenvalue weighted by Gasteiger charge is 2.43. The van der Waals surface area contributed by atoms with Crippen molar-refractivity contribution >= 4 is 29.9 Å². The molecule has 0 amide bonds. The topological polar surface area (TPSA) is 30.9 Å². The van der Waals surface area contributed by atoms with Gasteiger partial charge in [-0.3, -0.25) is 4.99 Å². The van der Waals surface area contributed by atoms with E-state index in [9.17, 15) is 0 Å². The predicted molar refractivity (Wildman–Crippen MR) is 116 cm³/mol. The van der Waals surface area contributed by atoms with Crippen LogP contribution in [0.1, 0.15) is 64.7 Å². The van der Waals surface area contributed by atoms with E-state index in [-0.39, 0.29) is 24.0 Å². The molecule has 2 rings (SSSR count). The third-order valence-electron chi connectivity index (χ3n) is 5.51. The van der Waals surface area contributed by atoms with Crippen LogP contribution in [0.15, 0.2) is 4.99 Å². The Morgan fingerprint density at radius 2 is 1.79 bits per heavy atom. The molecule has 1 saturated heterocycles. The lowest BCUT2D eigenvalue weighted by Gasteiger charge is -2.38. The van der Waals surface area contributed by atoms with Gasteiger partial charge in [-0.05, 0) is 65.1 Å². The zero-order valence-electron chi connectivity index (χ0n) is 16.1. The Balaban J connectivity index is 0.00000288. The van der Waals surface area contributed by atoms with Crippen LogP contribution in [0.2, 0.25) is 0 Å². The summed E-state index contributed by atoms with van der Waals surface area (Å²) in [4.78, 5) is 9.68. The molecule has 4 nitrogen and oxygen atoms in total. The molecule has 0 bridgehead atoms. The van der Waals surface area contributed by atoms with Gasteiger partial charge in [0.2, 0.25) is 0 Å². The molecular formula is C19H39IN4. The lowest BCUT2D eigenvalue weighted by atomic mass is 9.68. The molecule has 1 aliphatic carbocycles. The van der Waals surface area contributed by atoms with Crippen LogP contribution in [0.5, 0.6) is 0 Å². The van der Waals surface area contributed by atoms with Gasteiger partial charge in [0.25, 0.3) is 0 Å². The van der Waals surface area contributed by atoms with Crippen molar-refractivity contribution in [1.29, 1.82) is 0 Å². The van der Waals surface area contributed by atoms with E-state index in [1.165, 1.54) is 83.4 Å². The summed E-state index contributed by atoms with van der Waals surface area (Å²) >= 11 is 0. The summed E-state index contributed by atoms with van der Waals surface area (Å²) in [5.41, 5.74) is 0.655. The first-order valence-electron chi connectivity index (χ1n) is 9.83. The van der Waals surface area contributed by atoms with Crippen LogP contribution in [0, 0.1) is 5.41 Å². The van der Waals surface area contributed by atoms with E-state index in [1.807, 2.05) is 0 Å². The van der Waals surface area contributed by atoms with Crippen LogP contribution < -0.4 is 5.32 Å². The summed E-state index contributed by atoms with van der Waals surface area (Å²) < 4.78 is 0. The van der Waals surface area contributed by atoms with Crippen molar-refractivity contribution in [3.63, 3.8) is 0 Å². The maximum Gasteiger partial charge on any atom is 0.193 e. The van der Waals surface area contributed by atoms with Gasteiger partial charge in [0.15, 0.2) is 5.96 Å². The molecule has 0 aromatic heterocycles. The molecule has 0 aromatic rings. The van der Waals surface area contributed by atoms with E-state index in [0.717, 1.165) is 13.1 Å². The summed E-state index contributed by atoms with van der Waals surface area (Å²) in [7, 11) is 4.31. The van der Waals surface area contributed by atoms with Crippen LogP contribution in [0.4, 0.5) is 0 Å². The number of halogens is 1. The number of likely N-dealkylation sites (tertiary alicyclic amines) is 1. The molecule has 1 aliphatic heterocycles. The molecule has 2 fully saturated rings. The first kappa shape index (κ1) is 22.0. The van der Waals surface area contributed by atoms with E-state index in [0.29, 0.717) is 5.41 Å². The molecule has 0 unspecified atom stereocenters. The number of hydrogen-bond acceptors (Lipinski definition) is 2. The van der Waals surface area contributed by atoms with E-state index >= 15 is 0 Å². The fourth-order valence-electron chi connectivity index (χ4n) is 3.88. The van der Waals surface area contributed by atoms with Crippen LogP contribution >= 0.6 is 24.0 Å². The quantitative estimate of drug-likeness (QED) is 0.250. The highest BCUT2D eigenvalue weighted by atomic mass is 127. The highest BCUT2D eigenvalue weighted by molar-refractivity contribution is 14.0. The lowest BCUT2D eigenvalue weighted by Crippen LogP contribution is -2.42. The van der Waals surface area contributed by atoms with Gasteiger partial charge in [0, 0.05) is 26.2 Å². The van der Waals surface area contributed by atoms with Gasteiger partial charge in [-0.2, -0.15) is 0 Å². The van der Waals surface area contributed by atoms with Crippen molar-refractivity contribution in [2.24, 2.45) is 10.4 Å². The number of aliphatic imine (C=N–C) groups is 1. The SMILES string of the molecule is CCNC(=NCCCCCCCN(C)C)N1CCC2(CCC2)C1.I. The maximum absolute atomic E-state index is 4.89. The Labute approximate surface area is 166 Å². The minimum atomic E-state index is 0. The fourth-order valence-corrected chi connectivity index (χ4v) is 3.88. The standard InChI is InChI=1S/C19H38N4.HI/c1-4-20-18(23-16-13-19(17-23)11-10-12-19)21-14-8-6-5-7-9-15-22(2)3;/h4-17H2,1-3H3,(H,20,21);1H. The third kappa shape index (κ3) is 7.06. The van der Waals surface area contributed by atoms with Gasteiger partial charge < -0.3 is 15.1 Å².